The molecule has 4 rings (SSSR count). The van der Waals surface area contributed by atoms with Gasteiger partial charge in [-0.1, -0.05) is 0 Å². The summed E-state index contributed by atoms with van der Waals surface area (Å²) in [6, 6.07) is 0. The van der Waals surface area contributed by atoms with E-state index in [1.807, 2.05) is 0 Å². The van der Waals surface area contributed by atoms with Crippen LogP contribution in [0, 0.1) is 0 Å². The van der Waals surface area contributed by atoms with Gasteiger partial charge >= 0.3 is 0 Å². The predicted molar refractivity (Wildman–Crippen MR) is 92.2 cm³/mol. The highest BCUT2D eigenvalue weighted by Gasteiger charge is 2.30. The third kappa shape index (κ3) is 2.86. The molecule has 4 heterocycles. The molecule has 0 aliphatic carbocycles. The fourth-order valence-corrected chi connectivity index (χ4v) is 3.15. The normalized spacial score (nSPS) is 16.8. The molecule has 0 radical (unpaired) electrons. The average Bonchev–Trinajstić information content (AvgIpc) is 3.07. The van der Waals surface area contributed by atoms with E-state index >= 15 is 0 Å². The Balaban J connectivity index is 1.84. The van der Waals surface area contributed by atoms with Crippen molar-refractivity contribution in [2.75, 3.05) is 48.4 Å². The van der Waals surface area contributed by atoms with Gasteiger partial charge in [-0.25, -0.2) is 15.0 Å². The first-order valence-corrected chi connectivity index (χ1v) is 8.23. The quantitative estimate of drug-likeness (QED) is 0.828. The van der Waals surface area contributed by atoms with Crippen LogP contribution in [0.1, 0.15) is 12.5 Å². The van der Waals surface area contributed by atoms with Crippen molar-refractivity contribution in [3.05, 3.63) is 18.0 Å². The molecule has 9 heteroatoms. The summed E-state index contributed by atoms with van der Waals surface area (Å²) in [5, 5.41) is 0. The Morgan fingerprint density at radius 1 is 1.16 bits per heavy atom. The number of fused-ring (bicyclic) bond motifs is 1. The first-order chi connectivity index (χ1) is 12.1. The van der Waals surface area contributed by atoms with Crippen molar-refractivity contribution in [1.29, 1.82) is 0 Å². The Morgan fingerprint density at radius 3 is 2.56 bits per heavy atom. The molecule has 2 aliphatic rings. The van der Waals surface area contributed by atoms with Crippen molar-refractivity contribution in [3.63, 3.8) is 0 Å². The molecule has 0 unspecified atom stereocenters. The van der Waals surface area contributed by atoms with Crippen molar-refractivity contribution in [2.24, 2.45) is 0 Å². The summed E-state index contributed by atoms with van der Waals surface area (Å²) in [7, 11) is 0. The maximum Gasteiger partial charge on any atom is 0.228 e. The molecule has 1 saturated heterocycles. The molecule has 25 heavy (non-hydrogen) atoms. The van der Waals surface area contributed by atoms with Gasteiger partial charge in [0.2, 0.25) is 17.8 Å². The Kier molecular flexibility index (Phi) is 3.92. The minimum absolute atomic E-state index is 0.0233. The molecule has 0 saturated carbocycles. The zero-order valence-corrected chi connectivity index (χ0v) is 14.0. The van der Waals surface area contributed by atoms with Gasteiger partial charge in [-0.15, -0.1) is 0 Å². The Bertz CT molecular complexity index is 803. The van der Waals surface area contributed by atoms with Crippen LogP contribution in [0.4, 0.5) is 17.7 Å². The van der Waals surface area contributed by atoms with Crippen LogP contribution in [0.5, 0.6) is 0 Å². The summed E-state index contributed by atoms with van der Waals surface area (Å²) >= 11 is 0. The van der Waals surface area contributed by atoms with E-state index in [1.165, 1.54) is 0 Å². The van der Waals surface area contributed by atoms with Gasteiger partial charge in [0.25, 0.3) is 0 Å². The van der Waals surface area contributed by atoms with Gasteiger partial charge in [0.15, 0.2) is 0 Å². The second kappa shape index (κ2) is 6.25. The highest BCUT2D eigenvalue weighted by atomic mass is 16.5. The van der Waals surface area contributed by atoms with Crippen LogP contribution in [0.3, 0.4) is 0 Å². The molecule has 1 fully saturated rings. The zero-order chi connectivity index (χ0) is 17.4. The van der Waals surface area contributed by atoms with Gasteiger partial charge in [-0.2, -0.15) is 4.98 Å². The van der Waals surface area contributed by atoms with Crippen LogP contribution >= 0.6 is 0 Å². The van der Waals surface area contributed by atoms with Gasteiger partial charge in [-0.3, -0.25) is 9.69 Å². The number of morpholine rings is 1. The number of rotatable bonds is 2. The Morgan fingerprint density at radius 2 is 1.88 bits per heavy atom. The fourth-order valence-electron chi connectivity index (χ4n) is 3.15. The fraction of sp³-hybridized carbons (Fsp3) is 0.438. The molecule has 9 nitrogen and oxygen atoms in total. The minimum Gasteiger partial charge on any atom is -0.378 e. The monoisotopic (exact) mass is 341 g/mol. The van der Waals surface area contributed by atoms with E-state index in [1.54, 1.807) is 24.2 Å². The summed E-state index contributed by atoms with van der Waals surface area (Å²) in [6.07, 6.45) is 4.02. The third-order valence-corrected chi connectivity index (χ3v) is 4.43. The van der Waals surface area contributed by atoms with E-state index in [2.05, 4.69) is 19.9 Å². The number of carbonyl (C=O) groups is 1. The summed E-state index contributed by atoms with van der Waals surface area (Å²) in [5.41, 5.74) is 8.07. The van der Waals surface area contributed by atoms with Gasteiger partial charge in [0.05, 0.1) is 18.9 Å². The number of nitrogens with two attached hydrogens (primary N) is 1. The van der Waals surface area contributed by atoms with Crippen molar-refractivity contribution in [2.45, 2.75) is 13.3 Å². The molecule has 2 aromatic rings. The lowest BCUT2D eigenvalue weighted by molar-refractivity contribution is -0.116. The standard InChI is InChI=1S/C16H19N7O2/c1-10(24)23-3-2-12-13(11-8-18-15(17)19-9-11)20-16(21-14(12)23)22-4-6-25-7-5-22/h8-9H,2-7H2,1H3,(H2,17,18,19). The Hall–Kier alpha value is -2.81. The van der Waals surface area contributed by atoms with Gasteiger partial charge < -0.3 is 15.4 Å². The molecule has 0 bridgehead atoms. The van der Waals surface area contributed by atoms with Gasteiger partial charge in [-0.05, 0) is 6.42 Å². The largest absolute Gasteiger partial charge is 0.378 e. The maximum atomic E-state index is 12.0. The molecule has 1 amide bonds. The van der Waals surface area contributed by atoms with Crippen LogP contribution in [-0.4, -0.2) is 58.7 Å². The van der Waals surface area contributed by atoms with E-state index in [-0.39, 0.29) is 11.9 Å². The van der Waals surface area contributed by atoms with Crippen molar-refractivity contribution in [1.82, 2.24) is 19.9 Å². The number of amides is 1. The highest BCUT2D eigenvalue weighted by molar-refractivity contribution is 5.94. The molecular weight excluding hydrogens is 322 g/mol. The number of hydrogen-bond acceptors (Lipinski definition) is 8. The molecule has 0 spiro atoms. The lowest BCUT2D eigenvalue weighted by Crippen LogP contribution is -2.37. The van der Waals surface area contributed by atoms with Crippen molar-refractivity contribution in [3.8, 4) is 11.3 Å². The molecule has 2 aromatic heterocycles. The van der Waals surface area contributed by atoms with E-state index in [0.29, 0.717) is 37.9 Å². The van der Waals surface area contributed by atoms with Gasteiger partial charge in [0.1, 0.15) is 5.82 Å². The van der Waals surface area contributed by atoms with Crippen LogP contribution in [0.2, 0.25) is 0 Å². The van der Waals surface area contributed by atoms with Gasteiger partial charge in [0, 0.05) is 50.1 Å². The summed E-state index contributed by atoms with van der Waals surface area (Å²) in [5.74, 6) is 1.47. The van der Waals surface area contributed by atoms with E-state index in [4.69, 9.17) is 15.5 Å². The third-order valence-electron chi connectivity index (χ3n) is 4.43. The summed E-state index contributed by atoms with van der Waals surface area (Å²) in [6.45, 7) is 4.87. The van der Waals surface area contributed by atoms with E-state index in [9.17, 15) is 4.79 Å². The van der Waals surface area contributed by atoms with E-state index in [0.717, 1.165) is 29.9 Å². The van der Waals surface area contributed by atoms with Crippen molar-refractivity contribution >= 4 is 23.6 Å². The average molecular weight is 341 g/mol. The first kappa shape index (κ1) is 15.7. The number of ether oxygens (including phenoxy) is 1. The molecule has 2 N–H and O–H groups in total. The number of anilines is 3. The molecule has 130 valence electrons. The van der Waals surface area contributed by atoms with Crippen LogP contribution in [-0.2, 0) is 16.0 Å². The number of nitrogens with zero attached hydrogens (tertiary/aromatic N) is 6. The predicted octanol–water partition coefficient (Wildman–Crippen LogP) is 0.261. The molecule has 0 aromatic carbocycles. The second-order valence-electron chi connectivity index (χ2n) is 6.02. The molecular formula is C16H19N7O2. The lowest BCUT2D eigenvalue weighted by Gasteiger charge is -2.28. The SMILES string of the molecule is CC(=O)N1CCc2c(-c3cnc(N)nc3)nc(N3CCOCC3)nc21. The number of nitrogen functional groups attached to an aromatic ring is 1. The number of aromatic nitrogens is 4. The molecule has 2 aliphatic heterocycles. The van der Waals surface area contributed by atoms with Crippen LogP contribution in [0.25, 0.3) is 11.3 Å². The lowest BCUT2D eigenvalue weighted by atomic mass is 10.1. The zero-order valence-electron chi connectivity index (χ0n) is 14.0. The van der Waals surface area contributed by atoms with Crippen LogP contribution in [0.15, 0.2) is 12.4 Å². The minimum atomic E-state index is -0.0233. The molecule has 0 atom stereocenters. The topological polar surface area (TPSA) is 110 Å². The smallest absolute Gasteiger partial charge is 0.228 e. The second-order valence-corrected chi connectivity index (χ2v) is 6.02. The summed E-state index contributed by atoms with van der Waals surface area (Å²) < 4.78 is 5.41. The van der Waals surface area contributed by atoms with Crippen molar-refractivity contribution < 1.29 is 9.53 Å². The summed E-state index contributed by atoms with van der Waals surface area (Å²) in [4.78, 5) is 33.3. The number of carbonyl (C=O) groups excluding carboxylic acids is 1. The van der Waals surface area contributed by atoms with E-state index < -0.39 is 0 Å². The number of hydrogen-bond donors (Lipinski definition) is 1. The highest BCUT2D eigenvalue weighted by Crippen LogP contribution is 2.35. The maximum absolute atomic E-state index is 12.0. The first-order valence-electron chi connectivity index (χ1n) is 8.23. The Labute approximate surface area is 144 Å². The van der Waals surface area contributed by atoms with Crippen LogP contribution < -0.4 is 15.5 Å².